The van der Waals surface area contributed by atoms with Crippen molar-refractivity contribution in [1.82, 2.24) is 0 Å². The average Bonchev–Trinajstić information content (AvgIpc) is 2.37. The van der Waals surface area contributed by atoms with Crippen LogP contribution >= 0.6 is 11.6 Å². The molecular weight excluding hydrogens is 285 g/mol. The molecule has 0 aliphatic heterocycles. The molecule has 19 heavy (non-hydrogen) atoms. The minimum Gasteiger partial charge on any atom is -0.254 e. The topological polar surface area (TPSA) is 40.9 Å². The van der Waals surface area contributed by atoms with Crippen molar-refractivity contribution in [2.45, 2.75) is 38.0 Å². The van der Waals surface area contributed by atoms with Crippen LogP contribution in [0.25, 0.3) is 0 Å². The molecule has 0 fully saturated rings. The molecule has 0 N–H and O–H groups in total. The summed E-state index contributed by atoms with van der Waals surface area (Å²) in [6.45, 7) is 3.79. The molecule has 5 heteroatoms. The molecule has 1 aromatic carbocycles. The van der Waals surface area contributed by atoms with Crippen LogP contribution in [0, 0.1) is 22.6 Å². The Bertz CT molecular complexity index is 511. The van der Waals surface area contributed by atoms with Crippen molar-refractivity contribution in [3.8, 4) is 6.07 Å². The van der Waals surface area contributed by atoms with Gasteiger partial charge in [-0.3, -0.25) is 4.21 Å². The smallest absolute Gasteiger partial charge is 0.141 e. The molecule has 1 rings (SSSR count). The number of hydrogen-bond acceptors (Lipinski definition) is 2. The first kappa shape index (κ1) is 16.1. The normalized spacial score (nSPS) is 13.0. The second-order valence-corrected chi connectivity index (χ2v) is 7.06. The number of halogens is 2. The summed E-state index contributed by atoms with van der Waals surface area (Å²) in [6, 6.07) is 6.38. The lowest BCUT2D eigenvalue weighted by Gasteiger charge is -2.14. The zero-order valence-corrected chi connectivity index (χ0v) is 12.7. The zero-order chi connectivity index (χ0) is 14.5. The second kappa shape index (κ2) is 7.02. The quantitative estimate of drug-likeness (QED) is 0.735. The maximum Gasteiger partial charge on any atom is 0.141 e. The fourth-order valence-electron chi connectivity index (χ4n) is 1.59. The van der Waals surface area contributed by atoms with Crippen molar-refractivity contribution in [2.75, 3.05) is 5.75 Å². The highest BCUT2D eigenvalue weighted by Crippen LogP contribution is 2.23. The molecule has 0 aliphatic carbocycles. The number of hydrogen-bond donors (Lipinski definition) is 0. The molecule has 0 radical (unpaired) electrons. The highest BCUT2D eigenvalue weighted by atomic mass is 35.5. The Kier molecular flexibility index (Phi) is 5.96. The van der Waals surface area contributed by atoms with Crippen molar-refractivity contribution < 1.29 is 8.60 Å². The first-order valence-corrected chi connectivity index (χ1v) is 7.80. The molecule has 2 nitrogen and oxygen atoms in total. The molecule has 0 aliphatic rings. The first-order valence-electron chi connectivity index (χ1n) is 6.10. The molecule has 0 bridgehead atoms. The molecule has 0 heterocycles. The SMILES string of the molecule is CC(C)(C#N)CCCCS(=O)c1ccc(F)c(Cl)c1. The van der Waals surface area contributed by atoms with Crippen molar-refractivity contribution in [2.24, 2.45) is 5.41 Å². The minimum atomic E-state index is -1.17. The Labute approximate surface area is 121 Å². The van der Waals surface area contributed by atoms with E-state index in [0.717, 1.165) is 19.3 Å². The number of rotatable bonds is 6. The van der Waals surface area contributed by atoms with Crippen LogP contribution in [0.1, 0.15) is 33.1 Å². The van der Waals surface area contributed by atoms with Crippen molar-refractivity contribution in [3.05, 3.63) is 29.0 Å². The Hall–Kier alpha value is -0.920. The van der Waals surface area contributed by atoms with Crippen LogP contribution in [0.2, 0.25) is 5.02 Å². The van der Waals surface area contributed by atoms with Gasteiger partial charge >= 0.3 is 0 Å². The van der Waals surface area contributed by atoms with Gasteiger partial charge in [-0.15, -0.1) is 0 Å². The van der Waals surface area contributed by atoms with Gasteiger partial charge in [0.1, 0.15) is 5.82 Å². The van der Waals surface area contributed by atoms with Gasteiger partial charge in [0, 0.05) is 10.6 Å². The van der Waals surface area contributed by atoms with Gasteiger partial charge in [0.15, 0.2) is 0 Å². The third kappa shape index (κ3) is 5.30. The summed E-state index contributed by atoms with van der Waals surface area (Å²) in [6.07, 6.45) is 2.40. The third-order valence-corrected chi connectivity index (χ3v) is 4.57. The fraction of sp³-hybridized carbons (Fsp3) is 0.500. The van der Waals surface area contributed by atoms with E-state index in [0.29, 0.717) is 10.6 Å². The zero-order valence-electron chi connectivity index (χ0n) is 11.1. The predicted molar refractivity (Wildman–Crippen MR) is 75.9 cm³/mol. The molecule has 0 amide bonds. The van der Waals surface area contributed by atoms with Gasteiger partial charge in [0.25, 0.3) is 0 Å². The Morgan fingerprint density at radius 1 is 1.42 bits per heavy atom. The fourth-order valence-corrected chi connectivity index (χ4v) is 3.01. The summed E-state index contributed by atoms with van der Waals surface area (Å²) in [5.41, 5.74) is -0.333. The Morgan fingerprint density at radius 3 is 2.68 bits per heavy atom. The lowest BCUT2D eigenvalue weighted by molar-refractivity contribution is 0.432. The van der Waals surface area contributed by atoms with Crippen LogP contribution in [0.5, 0.6) is 0 Å². The molecule has 0 aromatic heterocycles. The number of nitrogens with zero attached hydrogens (tertiary/aromatic N) is 1. The van der Waals surface area contributed by atoms with Gasteiger partial charge in [0.2, 0.25) is 0 Å². The summed E-state index contributed by atoms with van der Waals surface area (Å²) >= 11 is 5.65. The Morgan fingerprint density at radius 2 is 2.11 bits per heavy atom. The molecule has 1 unspecified atom stereocenters. The summed E-state index contributed by atoms with van der Waals surface area (Å²) in [5, 5.41) is 8.87. The van der Waals surface area contributed by atoms with E-state index in [1.54, 1.807) is 0 Å². The molecule has 1 atom stereocenters. The van der Waals surface area contributed by atoms with Gasteiger partial charge in [-0.25, -0.2) is 4.39 Å². The maximum atomic E-state index is 13.0. The largest absolute Gasteiger partial charge is 0.254 e. The van der Waals surface area contributed by atoms with Crippen LogP contribution in [0.3, 0.4) is 0 Å². The molecule has 0 saturated carbocycles. The lowest BCUT2D eigenvalue weighted by Crippen LogP contribution is -2.08. The first-order chi connectivity index (χ1) is 8.85. The predicted octanol–water partition coefficient (Wildman–Crippen LogP) is 4.31. The average molecular weight is 302 g/mol. The molecule has 104 valence electrons. The van der Waals surface area contributed by atoms with E-state index in [4.69, 9.17) is 16.9 Å². The van der Waals surface area contributed by atoms with E-state index in [1.807, 2.05) is 13.8 Å². The summed E-state index contributed by atoms with van der Waals surface area (Å²) < 4.78 is 24.9. The van der Waals surface area contributed by atoms with E-state index >= 15 is 0 Å². The van der Waals surface area contributed by atoms with E-state index in [-0.39, 0.29) is 10.4 Å². The monoisotopic (exact) mass is 301 g/mol. The van der Waals surface area contributed by atoms with Crippen LogP contribution in [0.15, 0.2) is 23.1 Å². The van der Waals surface area contributed by atoms with Gasteiger partial charge in [-0.05, 0) is 44.9 Å². The highest BCUT2D eigenvalue weighted by molar-refractivity contribution is 7.85. The molecular formula is C14H17ClFNOS. The van der Waals surface area contributed by atoms with E-state index < -0.39 is 16.6 Å². The Balaban J connectivity index is 2.44. The molecule has 0 spiro atoms. The van der Waals surface area contributed by atoms with Gasteiger partial charge in [-0.2, -0.15) is 5.26 Å². The van der Waals surface area contributed by atoms with Crippen LogP contribution in [0.4, 0.5) is 4.39 Å². The van der Waals surface area contributed by atoms with Gasteiger partial charge in [-0.1, -0.05) is 18.0 Å². The van der Waals surface area contributed by atoms with Crippen LogP contribution in [-0.2, 0) is 10.8 Å². The van der Waals surface area contributed by atoms with Crippen molar-refractivity contribution in [1.29, 1.82) is 5.26 Å². The van der Waals surface area contributed by atoms with Crippen molar-refractivity contribution in [3.63, 3.8) is 0 Å². The van der Waals surface area contributed by atoms with E-state index in [1.165, 1.54) is 18.2 Å². The summed E-state index contributed by atoms with van der Waals surface area (Å²) in [5.74, 6) is 0.00176. The summed E-state index contributed by atoms with van der Waals surface area (Å²) in [7, 11) is -1.17. The third-order valence-electron chi connectivity index (χ3n) is 2.84. The number of unbranched alkanes of at least 4 members (excludes halogenated alkanes) is 1. The number of benzene rings is 1. The van der Waals surface area contributed by atoms with Crippen molar-refractivity contribution >= 4 is 22.4 Å². The maximum absolute atomic E-state index is 13.0. The second-order valence-electron chi connectivity index (χ2n) is 5.08. The van der Waals surface area contributed by atoms with Gasteiger partial charge < -0.3 is 0 Å². The number of nitriles is 1. The highest BCUT2D eigenvalue weighted by Gasteiger charge is 2.16. The van der Waals surface area contributed by atoms with E-state index in [2.05, 4.69) is 6.07 Å². The van der Waals surface area contributed by atoms with Crippen LogP contribution in [-0.4, -0.2) is 9.96 Å². The molecule has 1 aromatic rings. The standard InChI is InChI=1S/C14H17ClFNOS/c1-14(2,10-17)7-3-4-8-19(18)11-5-6-13(16)12(15)9-11/h5-6,9H,3-4,7-8H2,1-2H3. The van der Waals surface area contributed by atoms with Crippen LogP contribution < -0.4 is 0 Å². The molecule has 0 saturated heterocycles. The summed E-state index contributed by atoms with van der Waals surface area (Å²) in [4.78, 5) is 0.547. The minimum absolute atomic E-state index is 0.00327. The lowest BCUT2D eigenvalue weighted by atomic mass is 9.89. The van der Waals surface area contributed by atoms with E-state index in [9.17, 15) is 8.60 Å². The van der Waals surface area contributed by atoms with Gasteiger partial charge in [0.05, 0.1) is 27.3 Å².